The van der Waals surface area contributed by atoms with Crippen molar-refractivity contribution < 1.29 is 8.42 Å². The maximum absolute atomic E-state index is 12.5. The third-order valence-electron chi connectivity index (χ3n) is 2.81. The molecule has 0 bridgehead atoms. The number of aryl methyl sites for hydroxylation is 1. The van der Waals surface area contributed by atoms with Gasteiger partial charge < -0.3 is 0 Å². The molecule has 4 nitrogen and oxygen atoms in total. The number of nitrogens with zero attached hydrogens (tertiary/aromatic N) is 2. The zero-order valence-corrected chi connectivity index (χ0v) is 13.2. The molecule has 7 heteroatoms. The zero-order valence-electron chi connectivity index (χ0n) is 10.8. The fraction of sp³-hybridized carbons (Fsp3) is 0.154. The van der Waals surface area contributed by atoms with E-state index in [0.29, 0.717) is 15.6 Å². The Bertz CT molecular complexity index is 771. The topological polar surface area (TPSA) is 61.2 Å². The molecule has 0 radical (unpaired) electrons. The summed E-state index contributed by atoms with van der Waals surface area (Å²) in [6.45, 7) is 1.75. The summed E-state index contributed by atoms with van der Waals surface area (Å²) in [6.07, 6.45) is 0. The number of para-hydroxylation sites is 1. The van der Waals surface area contributed by atoms with Crippen molar-refractivity contribution in [1.82, 2.24) is 0 Å². The molecule has 0 amide bonds. The molecular formula is C13H11ClN2O2S2. The fourth-order valence-corrected chi connectivity index (χ4v) is 4.76. The van der Waals surface area contributed by atoms with Crippen molar-refractivity contribution in [3.05, 3.63) is 45.8 Å². The van der Waals surface area contributed by atoms with Crippen molar-refractivity contribution in [3.8, 4) is 6.07 Å². The predicted molar refractivity (Wildman–Crippen MR) is 80.8 cm³/mol. The number of hydrogen-bond acceptors (Lipinski definition) is 4. The molecule has 0 aliphatic rings. The van der Waals surface area contributed by atoms with Gasteiger partial charge in [0.05, 0.1) is 15.6 Å². The van der Waals surface area contributed by atoms with Crippen LogP contribution in [0.25, 0.3) is 0 Å². The summed E-state index contributed by atoms with van der Waals surface area (Å²) in [7, 11) is -2.28. The van der Waals surface area contributed by atoms with Gasteiger partial charge in [0, 0.05) is 7.05 Å². The molecule has 20 heavy (non-hydrogen) atoms. The van der Waals surface area contributed by atoms with Gasteiger partial charge in [-0.25, -0.2) is 8.42 Å². The van der Waals surface area contributed by atoms with Crippen LogP contribution in [0.3, 0.4) is 0 Å². The van der Waals surface area contributed by atoms with Crippen LogP contribution >= 0.6 is 22.9 Å². The summed E-state index contributed by atoms with van der Waals surface area (Å²) in [5, 5.41) is 9.06. The third-order valence-corrected chi connectivity index (χ3v) is 6.59. The lowest BCUT2D eigenvalue weighted by molar-refractivity contribution is 0.596. The molecule has 104 valence electrons. The van der Waals surface area contributed by atoms with Crippen molar-refractivity contribution in [2.24, 2.45) is 0 Å². The van der Waals surface area contributed by atoms with Gasteiger partial charge in [-0.15, -0.1) is 11.3 Å². The highest BCUT2D eigenvalue weighted by Crippen LogP contribution is 2.33. The van der Waals surface area contributed by atoms with Crippen LogP contribution in [0.2, 0.25) is 4.34 Å². The maximum atomic E-state index is 12.5. The second kappa shape index (κ2) is 5.44. The minimum atomic E-state index is -3.71. The number of hydrogen-bond donors (Lipinski definition) is 0. The van der Waals surface area contributed by atoms with Crippen LogP contribution in [0.1, 0.15) is 11.1 Å². The van der Waals surface area contributed by atoms with Gasteiger partial charge in [0.15, 0.2) is 0 Å². The number of halogens is 1. The molecule has 0 N–H and O–H groups in total. The lowest BCUT2D eigenvalue weighted by atomic mass is 10.2. The molecule has 0 saturated heterocycles. The van der Waals surface area contributed by atoms with Crippen molar-refractivity contribution in [1.29, 1.82) is 5.26 Å². The third kappa shape index (κ3) is 2.52. The summed E-state index contributed by atoms with van der Waals surface area (Å²) in [6, 6.07) is 10.1. The maximum Gasteiger partial charge on any atom is 0.273 e. The van der Waals surface area contributed by atoms with E-state index in [-0.39, 0.29) is 4.21 Å². The second-order valence-electron chi connectivity index (χ2n) is 4.12. The van der Waals surface area contributed by atoms with Gasteiger partial charge in [-0.3, -0.25) is 4.31 Å². The molecule has 0 aliphatic carbocycles. The first-order valence-corrected chi connectivity index (χ1v) is 8.25. The van der Waals surface area contributed by atoms with Crippen LogP contribution in [0.4, 0.5) is 5.69 Å². The van der Waals surface area contributed by atoms with E-state index in [4.69, 9.17) is 16.9 Å². The van der Waals surface area contributed by atoms with Crippen LogP contribution in [-0.4, -0.2) is 15.5 Å². The highest BCUT2D eigenvalue weighted by molar-refractivity contribution is 7.94. The Balaban J connectivity index is 2.52. The van der Waals surface area contributed by atoms with Gasteiger partial charge >= 0.3 is 0 Å². The summed E-state index contributed by atoms with van der Waals surface area (Å²) < 4.78 is 26.8. The smallest absolute Gasteiger partial charge is 0.267 e. The number of nitriles is 1. The lowest BCUT2D eigenvalue weighted by Gasteiger charge is -2.19. The zero-order chi connectivity index (χ0) is 14.9. The molecule has 1 heterocycles. The first-order valence-electron chi connectivity index (χ1n) is 5.62. The van der Waals surface area contributed by atoms with Crippen molar-refractivity contribution >= 4 is 38.6 Å². The van der Waals surface area contributed by atoms with E-state index in [1.54, 1.807) is 31.2 Å². The number of sulfonamides is 1. The van der Waals surface area contributed by atoms with Crippen molar-refractivity contribution in [2.75, 3.05) is 11.4 Å². The summed E-state index contributed by atoms with van der Waals surface area (Å²) in [5.74, 6) is 0. The molecular weight excluding hydrogens is 316 g/mol. The second-order valence-corrected chi connectivity index (χ2v) is 7.97. The summed E-state index contributed by atoms with van der Waals surface area (Å²) in [4.78, 5) is 0. The molecule has 0 aliphatic heterocycles. The number of thiophene rings is 1. The van der Waals surface area contributed by atoms with Crippen molar-refractivity contribution in [2.45, 2.75) is 11.1 Å². The highest BCUT2D eigenvalue weighted by atomic mass is 35.5. The number of anilines is 1. The molecule has 0 unspecified atom stereocenters. The largest absolute Gasteiger partial charge is 0.273 e. The van der Waals surface area contributed by atoms with Crippen molar-refractivity contribution in [3.63, 3.8) is 0 Å². The predicted octanol–water partition coefficient (Wildman–Crippen LogP) is 3.41. The molecule has 0 fully saturated rings. The summed E-state index contributed by atoms with van der Waals surface area (Å²) >= 11 is 6.94. The minimum Gasteiger partial charge on any atom is -0.267 e. The minimum absolute atomic E-state index is 0.162. The van der Waals surface area contributed by atoms with Crippen LogP contribution in [0.5, 0.6) is 0 Å². The molecule has 1 aromatic carbocycles. The van der Waals surface area contributed by atoms with E-state index >= 15 is 0 Å². The Morgan fingerprint density at radius 1 is 1.35 bits per heavy atom. The molecule has 1 aromatic heterocycles. The Morgan fingerprint density at radius 3 is 2.55 bits per heavy atom. The quantitative estimate of drug-likeness (QED) is 0.868. The number of benzene rings is 1. The van der Waals surface area contributed by atoms with E-state index in [2.05, 4.69) is 0 Å². The normalized spacial score (nSPS) is 11.1. The van der Waals surface area contributed by atoms with E-state index < -0.39 is 10.0 Å². The molecule has 0 saturated carbocycles. The standard InChI is InChI=1S/C13H11ClN2O2S2/c1-9-7-12(19-13(9)14)20(17,18)16(2)11-6-4-3-5-10(11)8-15/h3-7H,1-2H3. The Kier molecular flexibility index (Phi) is 4.04. The van der Waals surface area contributed by atoms with E-state index in [1.807, 2.05) is 6.07 Å². The van der Waals surface area contributed by atoms with Gasteiger partial charge in [-0.1, -0.05) is 23.7 Å². The average Bonchev–Trinajstić information content (AvgIpc) is 2.78. The van der Waals surface area contributed by atoms with Gasteiger partial charge in [0.1, 0.15) is 10.3 Å². The van der Waals surface area contributed by atoms with Gasteiger partial charge in [-0.05, 0) is 30.7 Å². The molecule has 2 aromatic rings. The summed E-state index contributed by atoms with van der Waals surface area (Å²) in [5.41, 5.74) is 1.37. The Hall–Kier alpha value is -1.55. The molecule has 0 atom stereocenters. The monoisotopic (exact) mass is 326 g/mol. The SMILES string of the molecule is Cc1cc(S(=O)(=O)N(C)c2ccccc2C#N)sc1Cl. The lowest BCUT2D eigenvalue weighted by Crippen LogP contribution is -2.26. The highest BCUT2D eigenvalue weighted by Gasteiger charge is 2.25. The van der Waals surface area contributed by atoms with Crippen LogP contribution in [0.15, 0.2) is 34.5 Å². The van der Waals surface area contributed by atoms with Gasteiger partial charge in [-0.2, -0.15) is 5.26 Å². The van der Waals surface area contributed by atoms with E-state index in [1.165, 1.54) is 13.1 Å². The Morgan fingerprint density at radius 2 is 2.00 bits per heavy atom. The van der Waals surface area contributed by atoms with Crippen LogP contribution < -0.4 is 4.31 Å². The molecule has 0 spiro atoms. The van der Waals surface area contributed by atoms with Crippen LogP contribution in [0, 0.1) is 18.3 Å². The average molecular weight is 327 g/mol. The Labute approximate surface area is 126 Å². The number of rotatable bonds is 3. The first kappa shape index (κ1) is 14.9. The fourth-order valence-electron chi connectivity index (χ4n) is 1.67. The first-order chi connectivity index (χ1) is 9.37. The molecule has 2 rings (SSSR count). The van der Waals surface area contributed by atoms with E-state index in [0.717, 1.165) is 21.2 Å². The van der Waals surface area contributed by atoms with Gasteiger partial charge in [0.2, 0.25) is 0 Å². The van der Waals surface area contributed by atoms with Crippen LogP contribution in [-0.2, 0) is 10.0 Å². The van der Waals surface area contributed by atoms with Gasteiger partial charge in [0.25, 0.3) is 10.0 Å². The van der Waals surface area contributed by atoms with E-state index in [9.17, 15) is 8.42 Å².